The van der Waals surface area contributed by atoms with Gasteiger partial charge in [-0.15, -0.1) is 0 Å². The van der Waals surface area contributed by atoms with Crippen LogP contribution in [0.2, 0.25) is 0 Å². The summed E-state index contributed by atoms with van der Waals surface area (Å²) in [5.41, 5.74) is -0.715. The summed E-state index contributed by atoms with van der Waals surface area (Å²) in [5, 5.41) is 9.09. The molecule has 2 N–H and O–H groups in total. The summed E-state index contributed by atoms with van der Waals surface area (Å²) in [5.74, 6) is -1.19. The Kier molecular flexibility index (Phi) is 3.87. The molecule has 0 radical (unpaired) electrons. The van der Waals surface area contributed by atoms with Crippen molar-refractivity contribution in [2.75, 3.05) is 0 Å². The predicted molar refractivity (Wildman–Crippen MR) is 66.6 cm³/mol. The number of carboxylic acid groups (broad SMARTS) is 1. The Bertz CT molecular complexity index is 540. The van der Waals surface area contributed by atoms with E-state index in [2.05, 4.69) is 4.72 Å². The fourth-order valence-corrected chi connectivity index (χ4v) is 2.90. The minimum atomic E-state index is -3.82. The first-order valence-electron chi connectivity index (χ1n) is 5.41. The van der Waals surface area contributed by atoms with Crippen molar-refractivity contribution in [3.8, 4) is 0 Å². The molecule has 1 heterocycles. The summed E-state index contributed by atoms with van der Waals surface area (Å²) in [6.07, 6.45) is 3.01. The Morgan fingerprint density at radius 2 is 2.00 bits per heavy atom. The third kappa shape index (κ3) is 3.33. The highest BCUT2D eigenvalue weighted by Crippen LogP contribution is 2.21. The number of carbonyl (C=O) groups is 1. The van der Waals surface area contributed by atoms with E-state index in [4.69, 9.17) is 5.11 Å². The second kappa shape index (κ2) is 4.74. The van der Waals surface area contributed by atoms with Gasteiger partial charge in [-0.1, -0.05) is 20.8 Å². The molecule has 0 aliphatic heterocycles. The molecule has 0 saturated heterocycles. The quantitative estimate of drug-likeness (QED) is 0.850. The number of nitrogens with one attached hydrogen (secondary N) is 1. The van der Waals surface area contributed by atoms with Crippen LogP contribution < -0.4 is 4.72 Å². The zero-order valence-electron chi connectivity index (χ0n) is 10.8. The predicted octanol–water partition coefficient (Wildman–Crippen LogP) is 0.803. The number of aryl methyl sites for hydroxylation is 1. The molecule has 1 atom stereocenters. The Balaban J connectivity index is 3.05. The number of aliphatic carboxylic acids is 1. The normalized spacial score (nSPS) is 14.4. The first-order chi connectivity index (χ1) is 8.04. The molecule has 18 heavy (non-hydrogen) atoms. The van der Waals surface area contributed by atoms with E-state index >= 15 is 0 Å². The number of aromatic nitrogens is 1. The number of nitrogens with zero attached hydrogens (tertiary/aromatic N) is 1. The molecule has 6 nitrogen and oxygen atoms in total. The second-order valence-electron chi connectivity index (χ2n) is 5.27. The molecule has 1 rings (SSSR count). The molecule has 0 saturated carbocycles. The van der Waals surface area contributed by atoms with Crippen LogP contribution in [0.1, 0.15) is 20.8 Å². The summed E-state index contributed by atoms with van der Waals surface area (Å²) < 4.78 is 27.8. The van der Waals surface area contributed by atoms with Gasteiger partial charge in [-0.05, 0) is 11.5 Å². The van der Waals surface area contributed by atoms with Crippen molar-refractivity contribution in [2.24, 2.45) is 12.5 Å². The largest absolute Gasteiger partial charge is 0.480 e. The van der Waals surface area contributed by atoms with Crippen molar-refractivity contribution >= 4 is 16.0 Å². The van der Waals surface area contributed by atoms with Gasteiger partial charge in [-0.25, -0.2) is 8.42 Å². The lowest BCUT2D eigenvalue weighted by Gasteiger charge is -2.27. The van der Waals surface area contributed by atoms with Crippen LogP contribution in [0, 0.1) is 5.41 Å². The number of hydrogen-bond acceptors (Lipinski definition) is 3. The number of hydrogen-bond donors (Lipinski definition) is 2. The lowest BCUT2D eigenvalue weighted by atomic mass is 9.88. The standard InChI is InChI=1S/C11H18N2O4S/c1-11(2,3)9(10(14)15)12-18(16,17)8-5-6-13(4)7-8/h5-7,9,12H,1-4H3,(H,14,15)/t9-/m0/s1. The lowest BCUT2D eigenvalue weighted by Crippen LogP contribution is -2.48. The maximum Gasteiger partial charge on any atom is 0.322 e. The van der Waals surface area contributed by atoms with Gasteiger partial charge in [0.2, 0.25) is 10.0 Å². The molecule has 1 aromatic heterocycles. The smallest absolute Gasteiger partial charge is 0.322 e. The van der Waals surface area contributed by atoms with Crippen molar-refractivity contribution in [1.29, 1.82) is 0 Å². The van der Waals surface area contributed by atoms with Gasteiger partial charge in [0, 0.05) is 19.4 Å². The molecule has 0 aliphatic rings. The van der Waals surface area contributed by atoms with Crippen molar-refractivity contribution in [2.45, 2.75) is 31.7 Å². The summed E-state index contributed by atoms with van der Waals surface area (Å²) >= 11 is 0. The maximum atomic E-state index is 12.0. The molecule has 102 valence electrons. The number of carboxylic acids is 1. The van der Waals surface area contributed by atoms with Crippen LogP contribution in [0.3, 0.4) is 0 Å². The molecule has 0 aromatic carbocycles. The van der Waals surface area contributed by atoms with Gasteiger partial charge in [0.15, 0.2) is 0 Å². The molecule has 0 fully saturated rings. The Morgan fingerprint density at radius 1 is 1.44 bits per heavy atom. The van der Waals surface area contributed by atoms with E-state index in [1.54, 1.807) is 38.6 Å². The lowest BCUT2D eigenvalue weighted by molar-refractivity contribution is -0.141. The second-order valence-corrected chi connectivity index (χ2v) is 6.99. The molecule has 0 amide bonds. The molecular weight excluding hydrogens is 256 g/mol. The number of sulfonamides is 1. The van der Waals surface area contributed by atoms with Gasteiger partial charge in [-0.2, -0.15) is 4.72 Å². The van der Waals surface area contributed by atoms with Crippen LogP contribution in [-0.4, -0.2) is 30.1 Å². The average molecular weight is 274 g/mol. The van der Waals surface area contributed by atoms with Gasteiger partial charge < -0.3 is 9.67 Å². The monoisotopic (exact) mass is 274 g/mol. The Labute approximate surface area is 107 Å². The van der Waals surface area contributed by atoms with Crippen LogP contribution in [0.15, 0.2) is 23.4 Å². The van der Waals surface area contributed by atoms with Crippen LogP contribution in [0.4, 0.5) is 0 Å². The van der Waals surface area contributed by atoms with E-state index in [-0.39, 0.29) is 4.90 Å². The first-order valence-corrected chi connectivity index (χ1v) is 6.89. The summed E-state index contributed by atoms with van der Waals surface area (Å²) in [7, 11) is -2.13. The highest BCUT2D eigenvalue weighted by Gasteiger charge is 2.35. The molecular formula is C11H18N2O4S. The van der Waals surface area contributed by atoms with E-state index in [9.17, 15) is 13.2 Å². The molecule has 0 aliphatic carbocycles. The van der Waals surface area contributed by atoms with E-state index in [0.29, 0.717) is 0 Å². The molecule has 0 spiro atoms. The Hall–Kier alpha value is -1.34. The van der Waals surface area contributed by atoms with Gasteiger partial charge in [0.25, 0.3) is 0 Å². The maximum absolute atomic E-state index is 12.0. The van der Waals surface area contributed by atoms with Crippen molar-refractivity contribution < 1.29 is 18.3 Å². The van der Waals surface area contributed by atoms with Crippen LogP contribution in [0.5, 0.6) is 0 Å². The zero-order valence-corrected chi connectivity index (χ0v) is 11.7. The molecule has 0 bridgehead atoms. The van der Waals surface area contributed by atoms with Crippen molar-refractivity contribution in [3.63, 3.8) is 0 Å². The van der Waals surface area contributed by atoms with Crippen LogP contribution in [-0.2, 0) is 21.9 Å². The SMILES string of the molecule is Cn1ccc(S(=O)(=O)N[C@@H](C(=O)O)C(C)(C)C)c1. The van der Waals surface area contributed by atoms with E-state index in [1.165, 1.54) is 12.3 Å². The fourth-order valence-electron chi connectivity index (χ4n) is 1.46. The first kappa shape index (κ1) is 14.7. The third-order valence-corrected chi connectivity index (χ3v) is 3.91. The molecule has 0 unspecified atom stereocenters. The topological polar surface area (TPSA) is 88.4 Å². The minimum absolute atomic E-state index is 0.0560. The minimum Gasteiger partial charge on any atom is -0.480 e. The van der Waals surface area contributed by atoms with Gasteiger partial charge in [0.1, 0.15) is 6.04 Å². The third-order valence-electron chi connectivity index (χ3n) is 2.50. The highest BCUT2D eigenvalue weighted by atomic mass is 32.2. The fraction of sp³-hybridized carbons (Fsp3) is 0.545. The van der Waals surface area contributed by atoms with Gasteiger partial charge in [0.05, 0.1) is 4.90 Å². The summed E-state index contributed by atoms with van der Waals surface area (Å²) in [4.78, 5) is 11.2. The van der Waals surface area contributed by atoms with Crippen molar-refractivity contribution in [3.05, 3.63) is 18.5 Å². The average Bonchev–Trinajstić information content (AvgIpc) is 2.60. The molecule has 1 aromatic rings. The zero-order chi connectivity index (χ0) is 14.1. The summed E-state index contributed by atoms with van der Waals surface area (Å²) in [6.45, 7) is 5.00. The Morgan fingerprint density at radius 3 is 2.33 bits per heavy atom. The highest BCUT2D eigenvalue weighted by molar-refractivity contribution is 7.89. The van der Waals surface area contributed by atoms with Gasteiger partial charge >= 0.3 is 5.97 Å². The number of rotatable bonds is 4. The van der Waals surface area contributed by atoms with Gasteiger partial charge in [-0.3, -0.25) is 4.79 Å². The summed E-state index contributed by atoms with van der Waals surface area (Å²) in [6, 6.07) is 0.242. The van der Waals surface area contributed by atoms with E-state index < -0.39 is 27.4 Å². The van der Waals surface area contributed by atoms with Crippen LogP contribution in [0.25, 0.3) is 0 Å². The van der Waals surface area contributed by atoms with Crippen molar-refractivity contribution in [1.82, 2.24) is 9.29 Å². The van der Waals surface area contributed by atoms with E-state index in [0.717, 1.165) is 0 Å². The van der Waals surface area contributed by atoms with E-state index in [1.807, 2.05) is 0 Å². The van der Waals surface area contributed by atoms with Crippen LogP contribution >= 0.6 is 0 Å². The molecule has 7 heteroatoms.